The van der Waals surface area contributed by atoms with Crippen molar-refractivity contribution in [3.05, 3.63) is 0 Å². The van der Waals surface area contributed by atoms with Crippen molar-refractivity contribution in [2.24, 2.45) is 5.92 Å². The van der Waals surface area contributed by atoms with Gasteiger partial charge in [0.1, 0.15) is 0 Å². The Labute approximate surface area is 79.8 Å². The number of halogens is 1. The number of carbonyl (C=O) groups is 1. The van der Waals surface area contributed by atoms with Gasteiger partial charge in [0, 0.05) is 0 Å². The number of hydrogen-bond acceptors (Lipinski definition) is 1. The predicted octanol–water partition coefficient (Wildman–Crippen LogP) is 2.85. The van der Waals surface area contributed by atoms with Crippen LogP contribution in [-0.4, -0.2) is 11.1 Å². The van der Waals surface area contributed by atoms with Crippen LogP contribution in [0.4, 0.5) is 0 Å². The van der Waals surface area contributed by atoms with E-state index < -0.39 is 5.97 Å². The Morgan fingerprint density at radius 1 is 1.00 bits per heavy atom. The molecule has 1 fully saturated rings. The summed E-state index contributed by atoms with van der Waals surface area (Å²) in [5.41, 5.74) is 0. The van der Waals surface area contributed by atoms with Crippen molar-refractivity contribution < 1.29 is 9.90 Å². The maximum atomic E-state index is 10.6. The fourth-order valence-corrected chi connectivity index (χ4v) is 1.70. The Bertz CT molecular complexity index is 128. The SMILES string of the molecule is Cl.O=C(O)C1CCCCCCC1. The van der Waals surface area contributed by atoms with Crippen LogP contribution in [0.3, 0.4) is 0 Å². The number of aliphatic carboxylic acids is 1. The van der Waals surface area contributed by atoms with E-state index in [2.05, 4.69) is 0 Å². The van der Waals surface area contributed by atoms with E-state index in [-0.39, 0.29) is 18.3 Å². The third-order valence-electron chi connectivity index (χ3n) is 2.45. The molecule has 0 aromatic heterocycles. The lowest BCUT2D eigenvalue weighted by molar-refractivity contribution is -0.142. The molecule has 1 aliphatic rings. The molecule has 72 valence electrons. The topological polar surface area (TPSA) is 37.3 Å². The van der Waals surface area contributed by atoms with Crippen LogP contribution < -0.4 is 0 Å². The third-order valence-corrected chi connectivity index (χ3v) is 2.45. The fraction of sp³-hybridized carbons (Fsp3) is 0.889. The summed E-state index contributed by atoms with van der Waals surface area (Å²) in [5.74, 6) is -0.637. The molecule has 0 radical (unpaired) electrons. The van der Waals surface area contributed by atoms with Crippen LogP contribution in [0.2, 0.25) is 0 Å². The molecule has 0 heterocycles. The summed E-state index contributed by atoms with van der Waals surface area (Å²) in [6.07, 6.45) is 7.76. The summed E-state index contributed by atoms with van der Waals surface area (Å²) in [7, 11) is 0. The van der Waals surface area contributed by atoms with E-state index in [1.54, 1.807) is 0 Å². The van der Waals surface area contributed by atoms with Gasteiger partial charge >= 0.3 is 5.97 Å². The molecular formula is C9H17ClO2. The molecule has 0 aromatic rings. The van der Waals surface area contributed by atoms with Crippen molar-refractivity contribution in [1.82, 2.24) is 0 Å². The lowest BCUT2D eigenvalue weighted by atomic mass is 9.91. The van der Waals surface area contributed by atoms with Gasteiger partial charge in [0.2, 0.25) is 0 Å². The first-order valence-corrected chi connectivity index (χ1v) is 4.53. The second-order valence-corrected chi connectivity index (χ2v) is 3.38. The summed E-state index contributed by atoms with van der Waals surface area (Å²) in [6, 6.07) is 0. The molecule has 1 aliphatic carbocycles. The van der Waals surface area contributed by atoms with Gasteiger partial charge in [-0.25, -0.2) is 0 Å². The molecule has 1 N–H and O–H groups in total. The minimum Gasteiger partial charge on any atom is -0.481 e. The zero-order valence-electron chi connectivity index (χ0n) is 7.29. The van der Waals surface area contributed by atoms with E-state index in [1.807, 2.05) is 0 Å². The van der Waals surface area contributed by atoms with Crippen molar-refractivity contribution in [3.8, 4) is 0 Å². The summed E-state index contributed by atoms with van der Waals surface area (Å²) in [5, 5.41) is 8.76. The molecule has 0 amide bonds. The van der Waals surface area contributed by atoms with Crippen LogP contribution in [0.15, 0.2) is 0 Å². The Morgan fingerprint density at radius 3 is 1.83 bits per heavy atom. The normalized spacial score (nSPS) is 20.3. The van der Waals surface area contributed by atoms with Crippen molar-refractivity contribution in [2.45, 2.75) is 44.9 Å². The zero-order valence-corrected chi connectivity index (χ0v) is 8.11. The molecule has 3 heteroatoms. The summed E-state index contributed by atoms with van der Waals surface area (Å²) >= 11 is 0. The van der Waals surface area contributed by atoms with Crippen molar-refractivity contribution >= 4 is 18.4 Å². The first-order chi connectivity index (χ1) is 5.30. The molecule has 0 bridgehead atoms. The minimum absolute atomic E-state index is 0. The van der Waals surface area contributed by atoms with Gasteiger partial charge in [0.05, 0.1) is 5.92 Å². The number of carboxylic acid groups (broad SMARTS) is 1. The van der Waals surface area contributed by atoms with Crippen LogP contribution in [0.1, 0.15) is 44.9 Å². The van der Waals surface area contributed by atoms with Gasteiger partial charge in [-0.15, -0.1) is 12.4 Å². The van der Waals surface area contributed by atoms with Crippen LogP contribution in [0, 0.1) is 5.92 Å². The second kappa shape index (κ2) is 6.30. The van der Waals surface area contributed by atoms with Crippen molar-refractivity contribution in [3.63, 3.8) is 0 Å². The highest BCUT2D eigenvalue weighted by Gasteiger charge is 2.17. The van der Waals surface area contributed by atoms with Crippen LogP contribution in [-0.2, 0) is 4.79 Å². The largest absolute Gasteiger partial charge is 0.481 e. The molecule has 1 saturated carbocycles. The molecule has 0 unspecified atom stereocenters. The molecule has 0 atom stereocenters. The smallest absolute Gasteiger partial charge is 0.306 e. The summed E-state index contributed by atoms with van der Waals surface area (Å²) < 4.78 is 0. The molecule has 0 saturated heterocycles. The Morgan fingerprint density at radius 2 is 1.42 bits per heavy atom. The predicted molar refractivity (Wildman–Crippen MR) is 50.7 cm³/mol. The third kappa shape index (κ3) is 3.96. The standard InChI is InChI=1S/C9H16O2.ClH/c10-9(11)8-6-4-2-1-3-5-7-8;/h8H,1-7H2,(H,10,11);1H. The highest BCUT2D eigenvalue weighted by Crippen LogP contribution is 2.21. The van der Waals surface area contributed by atoms with E-state index in [9.17, 15) is 4.79 Å². The number of hydrogen-bond donors (Lipinski definition) is 1. The van der Waals surface area contributed by atoms with Gasteiger partial charge in [-0.3, -0.25) is 4.79 Å². The van der Waals surface area contributed by atoms with Gasteiger partial charge in [-0.2, -0.15) is 0 Å². The Balaban J connectivity index is 0.00000121. The van der Waals surface area contributed by atoms with E-state index in [1.165, 1.54) is 19.3 Å². The Kier molecular flexibility index (Phi) is 6.17. The monoisotopic (exact) mass is 192 g/mol. The summed E-state index contributed by atoms with van der Waals surface area (Å²) in [4.78, 5) is 10.6. The highest BCUT2D eigenvalue weighted by molar-refractivity contribution is 5.85. The average molecular weight is 193 g/mol. The van der Waals surface area contributed by atoms with Crippen LogP contribution >= 0.6 is 12.4 Å². The first-order valence-electron chi connectivity index (χ1n) is 4.53. The fourth-order valence-electron chi connectivity index (χ4n) is 1.70. The van der Waals surface area contributed by atoms with Gasteiger partial charge in [0.25, 0.3) is 0 Å². The van der Waals surface area contributed by atoms with Crippen LogP contribution in [0.25, 0.3) is 0 Å². The van der Waals surface area contributed by atoms with E-state index in [4.69, 9.17) is 5.11 Å². The Hall–Kier alpha value is -0.240. The van der Waals surface area contributed by atoms with Gasteiger partial charge in [-0.1, -0.05) is 32.1 Å². The maximum Gasteiger partial charge on any atom is 0.306 e. The average Bonchev–Trinajstić information content (AvgIpc) is 1.84. The van der Waals surface area contributed by atoms with E-state index in [0.29, 0.717) is 0 Å². The first kappa shape index (κ1) is 11.8. The summed E-state index contributed by atoms with van der Waals surface area (Å²) in [6.45, 7) is 0. The van der Waals surface area contributed by atoms with E-state index in [0.717, 1.165) is 25.7 Å². The van der Waals surface area contributed by atoms with Gasteiger partial charge < -0.3 is 5.11 Å². The number of carboxylic acids is 1. The second-order valence-electron chi connectivity index (χ2n) is 3.38. The quantitative estimate of drug-likeness (QED) is 0.694. The molecule has 0 spiro atoms. The molecule has 2 nitrogen and oxygen atoms in total. The molecule has 1 rings (SSSR count). The van der Waals surface area contributed by atoms with Gasteiger partial charge in [-0.05, 0) is 12.8 Å². The highest BCUT2D eigenvalue weighted by atomic mass is 35.5. The van der Waals surface area contributed by atoms with Crippen molar-refractivity contribution in [2.75, 3.05) is 0 Å². The maximum absolute atomic E-state index is 10.6. The van der Waals surface area contributed by atoms with Crippen LogP contribution in [0.5, 0.6) is 0 Å². The number of rotatable bonds is 1. The van der Waals surface area contributed by atoms with E-state index >= 15 is 0 Å². The lowest BCUT2D eigenvalue weighted by Gasteiger charge is -2.14. The minimum atomic E-state index is -0.591. The zero-order chi connectivity index (χ0) is 8.10. The molecule has 12 heavy (non-hydrogen) atoms. The van der Waals surface area contributed by atoms with Crippen molar-refractivity contribution in [1.29, 1.82) is 0 Å². The molecule has 0 aromatic carbocycles. The molecular weight excluding hydrogens is 176 g/mol. The molecule has 0 aliphatic heterocycles. The lowest BCUT2D eigenvalue weighted by Crippen LogP contribution is -2.14. The van der Waals surface area contributed by atoms with Gasteiger partial charge in [0.15, 0.2) is 0 Å².